The molecule has 0 atom stereocenters. The van der Waals surface area contributed by atoms with Crippen molar-refractivity contribution in [1.82, 2.24) is 15.3 Å². The van der Waals surface area contributed by atoms with Crippen molar-refractivity contribution in [2.75, 3.05) is 11.2 Å². The lowest BCUT2D eigenvalue weighted by atomic mass is 9.74. The van der Waals surface area contributed by atoms with Crippen molar-refractivity contribution in [3.8, 4) is 11.6 Å². The van der Waals surface area contributed by atoms with Crippen LogP contribution < -0.4 is 15.0 Å². The summed E-state index contributed by atoms with van der Waals surface area (Å²) in [4.78, 5) is 11.1. The number of hydrogen-bond acceptors (Lipinski definition) is 7. The molecular weight excluding hydrogens is 395 g/mol. The van der Waals surface area contributed by atoms with Gasteiger partial charge >= 0.3 is 0 Å². The summed E-state index contributed by atoms with van der Waals surface area (Å²) in [5, 5.41) is 3.70. The number of rotatable bonds is 4. The van der Waals surface area contributed by atoms with Crippen LogP contribution in [0.3, 0.4) is 0 Å². The summed E-state index contributed by atoms with van der Waals surface area (Å²) >= 11 is 0. The Balaban J connectivity index is 1.45. The minimum absolute atomic E-state index is 0.0607. The summed E-state index contributed by atoms with van der Waals surface area (Å²) in [7, 11) is -3.49. The molecule has 4 fully saturated rings. The van der Waals surface area contributed by atoms with E-state index in [0.717, 1.165) is 49.4 Å². The molecule has 4 aliphatic rings. The molecule has 0 radical (unpaired) electrons. The van der Waals surface area contributed by atoms with Gasteiger partial charge in [0.1, 0.15) is 12.1 Å². The number of ether oxygens (including phenoxy) is 1. The summed E-state index contributed by atoms with van der Waals surface area (Å²) < 4.78 is 43.4. The van der Waals surface area contributed by atoms with E-state index >= 15 is 0 Å². The van der Waals surface area contributed by atoms with Crippen LogP contribution in [0.25, 0.3) is 0 Å². The summed E-state index contributed by atoms with van der Waals surface area (Å²) in [6, 6.07) is 5.71. The fourth-order valence-electron chi connectivity index (χ4n) is 5.09. The van der Waals surface area contributed by atoms with Crippen LogP contribution in [-0.2, 0) is 9.84 Å². The highest BCUT2D eigenvalue weighted by molar-refractivity contribution is 7.90. The number of aromatic nitrogens is 2. The van der Waals surface area contributed by atoms with Crippen molar-refractivity contribution < 1.29 is 17.5 Å². The second kappa shape index (κ2) is 6.63. The Bertz CT molecular complexity index is 1050. The molecule has 0 aliphatic carbocycles. The minimum Gasteiger partial charge on any atom is -0.435 e. The number of halogens is 1. The van der Waals surface area contributed by atoms with E-state index in [4.69, 9.17) is 4.74 Å². The zero-order chi connectivity index (χ0) is 20.3. The number of nitrogens with zero attached hydrogens (tertiary/aromatic N) is 3. The first-order valence-electron chi connectivity index (χ1n) is 9.83. The summed E-state index contributed by atoms with van der Waals surface area (Å²) in [6.45, 7) is 1.89. The van der Waals surface area contributed by atoms with Crippen LogP contribution >= 0.6 is 0 Å². The molecule has 0 spiro atoms. The largest absolute Gasteiger partial charge is 0.435 e. The maximum Gasteiger partial charge on any atom is 0.227 e. The van der Waals surface area contributed by atoms with Crippen molar-refractivity contribution in [3.63, 3.8) is 0 Å². The van der Waals surface area contributed by atoms with E-state index in [2.05, 4.69) is 20.2 Å². The van der Waals surface area contributed by atoms with Crippen LogP contribution in [0.4, 0.5) is 10.2 Å². The summed E-state index contributed by atoms with van der Waals surface area (Å²) in [6.07, 6.45) is 6.91. The minimum atomic E-state index is -3.49. The van der Waals surface area contributed by atoms with E-state index in [1.807, 2.05) is 6.92 Å². The lowest BCUT2D eigenvalue weighted by molar-refractivity contribution is 0.133. The molecule has 5 heterocycles. The van der Waals surface area contributed by atoms with Gasteiger partial charge in [-0.1, -0.05) is 0 Å². The molecule has 7 nitrogen and oxygen atoms in total. The molecule has 2 aromatic rings. The van der Waals surface area contributed by atoms with E-state index in [0.29, 0.717) is 24.2 Å². The van der Waals surface area contributed by atoms with Crippen LogP contribution in [0.15, 0.2) is 29.4 Å². The van der Waals surface area contributed by atoms with Crippen LogP contribution in [0.1, 0.15) is 31.2 Å². The molecule has 6 rings (SSSR count). The Kier molecular flexibility index (Phi) is 4.29. The van der Waals surface area contributed by atoms with Crippen molar-refractivity contribution in [2.24, 2.45) is 0 Å². The molecule has 4 bridgehead atoms. The van der Waals surface area contributed by atoms with Gasteiger partial charge in [0.05, 0.1) is 10.5 Å². The molecule has 0 saturated carbocycles. The average molecular weight is 418 g/mol. The molecule has 9 heteroatoms. The number of nitrogens with one attached hydrogen (secondary N) is 1. The third-order valence-electron chi connectivity index (χ3n) is 6.28. The molecule has 4 aliphatic heterocycles. The number of sulfone groups is 1. The lowest BCUT2D eigenvalue weighted by Crippen LogP contribution is -2.68. The zero-order valence-electron chi connectivity index (χ0n) is 16.3. The molecule has 29 heavy (non-hydrogen) atoms. The lowest BCUT2D eigenvalue weighted by Gasteiger charge is -2.57. The fourth-order valence-corrected chi connectivity index (χ4v) is 5.72. The van der Waals surface area contributed by atoms with Gasteiger partial charge in [0.2, 0.25) is 5.88 Å². The van der Waals surface area contributed by atoms with Gasteiger partial charge in [-0.3, -0.25) is 0 Å². The quantitative estimate of drug-likeness (QED) is 0.817. The number of benzene rings is 1. The van der Waals surface area contributed by atoms with Gasteiger partial charge in [-0.15, -0.1) is 0 Å². The Morgan fingerprint density at radius 1 is 1.14 bits per heavy atom. The Morgan fingerprint density at radius 2 is 1.79 bits per heavy atom. The average Bonchev–Trinajstić information content (AvgIpc) is 2.64. The molecule has 4 saturated heterocycles. The van der Waals surface area contributed by atoms with E-state index in [1.54, 1.807) is 0 Å². The zero-order valence-corrected chi connectivity index (χ0v) is 17.1. The maximum atomic E-state index is 14.4. The molecular formula is C20H23FN4O3S. The highest BCUT2D eigenvalue weighted by Gasteiger charge is 2.47. The molecule has 154 valence electrons. The van der Waals surface area contributed by atoms with Crippen LogP contribution in [0.2, 0.25) is 0 Å². The Morgan fingerprint density at radius 3 is 2.38 bits per heavy atom. The highest BCUT2D eigenvalue weighted by Crippen LogP contribution is 2.43. The SMILES string of the molecule is Cc1c(Oc2ccc(S(C)(=O)=O)cc2F)ncnc1N1C2CC3CC1CC(C2)N3. The van der Waals surface area contributed by atoms with Gasteiger partial charge in [-0.05, 0) is 50.8 Å². The van der Waals surface area contributed by atoms with Crippen LogP contribution in [-0.4, -0.2) is 48.8 Å². The van der Waals surface area contributed by atoms with Gasteiger partial charge in [0.25, 0.3) is 0 Å². The third kappa shape index (κ3) is 3.26. The molecule has 1 aromatic carbocycles. The van der Waals surface area contributed by atoms with Crippen molar-refractivity contribution in [3.05, 3.63) is 35.9 Å². The smallest absolute Gasteiger partial charge is 0.227 e. The Labute approximate surface area is 169 Å². The van der Waals surface area contributed by atoms with E-state index in [9.17, 15) is 12.8 Å². The van der Waals surface area contributed by atoms with Gasteiger partial charge in [-0.25, -0.2) is 22.8 Å². The van der Waals surface area contributed by atoms with Crippen LogP contribution in [0, 0.1) is 12.7 Å². The second-order valence-electron chi connectivity index (χ2n) is 8.31. The summed E-state index contributed by atoms with van der Waals surface area (Å²) in [5.74, 6) is 0.327. The predicted molar refractivity (Wildman–Crippen MR) is 106 cm³/mol. The molecule has 1 aromatic heterocycles. The topological polar surface area (TPSA) is 84.4 Å². The highest BCUT2D eigenvalue weighted by atomic mass is 32.2. The predicted octanol–water partition coefficient (Wildman–Crippen LogP) is 2.59. The second-order valence-corrected chi connectivity index (χ2v) is 10.3. The molecule has 0 unspecified atom stereocenters. The first kappa shape index (κ1) is 18.7. The number of anilines is 1. The first-order valence-corrected chi connectivity index (χ1v) is 11.7. The van der Waals surface area contributed by atoms with Crippen molar-refractivity contribution in [1.29, 1.82) is 0 Å². The first-order chi connectivity index (χ1) is 13.8. The Hall–Kier alpha value is -2.26. The van der Waals surface area contributed by atoms with E-state index in [-0.39, 0.29) is 16.5 Å². The standard InChI is InChI=1S/C20H23FN4O3S/c1-11-19(25-14-5-12-6-15(25)8-13(7-14)24-12)22-10-23-20(11)28-18-4-3-16(9-17(18)21)29(2,26)27/h3-4,9-10,12-15,24H,5-8H2,1-2H3. The number of hydrogen-bond donors (Lipinski definition) is 1. The van der Waals surface area contributed by atoms with Gasteiger partial charge in [0.15, 0.2) is 21.4 Å². The van der Waals surface area contributed by atoms with Crippen molar-refractivity contribution in [2.45, 2.75) is 61.7 Å². The monoisotopic (exact) mass is 418 g/mol. The van der Waals surface area contributed by atoms with Crippen molar-refractivity contribution >= 4 is 15.7 Å². The normalized spacial score (nSPS) is 28.0. The van der Waals surface area contributed by atoms with Crippen LogP contribution in [0.5, 0.6) is 11.6 Å². The van der Waals surface area contributed by atoms with Gasteiger partial charge in [0, 0.05) is 30.4 Å². The maximum absolute atomic E-state index is 14.4. The molecule has 1 N–H and O–H groups in total. The van der Waals surface area contributed by atoms with Gasteiger partial charge in [-0.2, -0.15) is 0 Å². The fraction of sp³-hybridized carbons (Fsp3) is 0.500. The summed E-state index contributed by atoms with van der Waals surface area (Å²) in [5.41, 5.74) is 0.763. The number of piperidine rings is 4. The van der Waals surface area contributed by atoms with E-state index in [1.165, 1.54) is 18.5 Å². The van der Waals surface area contributed by atoms with Gasteiger partial charge < -0.3 is 15.0 Å². The van der Waals surface area contributed by atoms with E-state index < -0.39 is 15.7 Å². The molecule has 0 amide bonds. The third-order valence-corrected chi connectivity index (χ3v) is 7.39.